The normalized spacial score (nSPS) is 12.5. The van der Waals surface area contributed by atoms with Crippen LogP contribution < -0.4 is 0 Å². The number of benzene rings is 1. The molecule has 0 saturated carbocycles. The van der Waals surface area contributed by atoms with Crippen LogP contribution in [0.25, 0.3) is 0 Å². The quantitative estimate of drug-likeness (QED) is 0.905. The maximum absolute atomic E-state index is 13.0. The average molecular weight is 289 g/mol. The molecule has 1 aromatic carbocycles. The van der Waals surface area contributed by atoms with Crippen molar-refractivity contribution in [3.63, 3.8) is 0 Å². The summed E-state index contributed by atoms with van der Waals surface area (Å²) in [7, 11) is 0. The van der Waals surface area contributed by atoms with Crippen LogP contribution in [0.2, 0.25) is 0 Å². The zero-order chi connectivity index (χ0) is 12.1. The fourth-order valence-corrected chi connectivity index (χ4v) is 1.98. The second kappa shape index (κ2) is 6.11. The Morgan fingerprint density at radius 1 is 1.56 bits per heavy atom. The maximum atomic E-state index is 13.0. The van der Waals surface area contributed by atoms with Gasteiger partial charge in [0.25, 0.3) is 0 Å². The zero-order valence-corrected chi connectivity index (χ0v) is 10.6. The number of carbonyl (C=O) groups is 1. The molecule has 88 valence electrons. The van der Waals surface area contributed by atoms with Crippen molar-refractivity contribution in [2.24, 2.45) is 5.92 Å². The number of carbonyl (C=O) groups excluding carboxylic acids is 1. The molecule has 0 saturated heterocycles. The number of halogens is 2. The summed E-state index contributed by atoms with van der Waals surface area (Å²) in [5.74, 6) is -0.456. The summed E-state index contributed by atoms with van der Waals surface area (Å²) in [5.41, 5.74) is 0.891. The number of Topliss-reactive ketones (excluding diaryl/α,β-unsaturated/α-hetero) is 1. The van der Waals surface area contributed by atoms with E-state index in [0.717, 1.165) is 5.56 Å². The third-order valence-electron chi connectivity index (χ3n) is 2.52. The van der Waals surface area contributed by atoms with E-state index in [0.29, 0.717) is 17.3 Å². The van der Waals surface area contributed by atoms with Gasteiger partial charge >= 0.3 is 0 Å². The summed E-state index contributed by atoms with van der Waals surface area (Å²) in [4.78, 5) is 11.3. The first kappa shape index (κ1) is 13.3. The molecular formula is C12H14BrFO2. The molecule has 16 heavy (non-hydrogen) atoms. The molecule has 0 aliphatic carbocycles. The molecule has 1 rings (SSSR count). The Kier molecular flexibility index (Phi) is 5.09. The van der Waals surface area contributed by atoms with Crippen LogP contribution in [0, 0.1) is 11.7 Å². The molecule has 0 radical (unpaired) electrons. The standard InChI is InChI=1S/C12H14BrFO2/c1-8(16)10(4-5-15)6-9-2-3-12(14)11(13)7-9/h2-3,7,10,15H,4-6H2,1H3. The SMILES string of the molecule is CC(=O)C(CCO)Cc1ccc(F)c(Br)c1. The van der Waals surface area contributed by atoms with Gasteiger partial charge in [-0.1, -0.05) is 6.07 Å². The Hall–Kier alpha value is -0.740. The second-order valence-corrected chi connectivity index (χ2v) is 4.63. The average Bonchev–Trinajstić information content (AvgIpc) is 2.22. The van der Waals surface area contributed by atoms with Gasteiger partial charge in [0.1, 0.15) is 11.6 Å². The molecular weight excluding hydrogens is 275 g/mol. The first-order chi connectivity index (χ1) is 7.54. The van der Waals surface area contributed by atoms with Crippen LogP contribution in [0.1, 0.15) is 18.9 Å². The number of rotatable bonds is 5. The van der Waals surface area contributed by atoms with E-state index in [1.165, 1.54) is 13.0 Å². The predicted octanol–water partition coefficient (Wildman–Crippen LogP) is 2.72. The minimum Gasteiger partial charge on any atom is -0.396 e. The molecule has 1 unspecified atom stereocenters. The van der Waals surface area contributed by atoms with Gasteiger partial charge in [-0.05, 0) is 53.4 Å². The number of ketones is 1. The van der Waals surface area contributed by atoms with E-state index in [4.69, 9.17) is 5.11 Å². The van der Waals surface area contributed by atoms with Gasteiger partial charge < -0.3 is 5.11 Å². The van der Waals surface area contributed by atoms with Crippen LogP contribution >= 0.6 is 15.9 Å². The highest BCUT2D eigenvalue weighted by Crippen LogP contribution is 2.20. The minimum atomic E-state index is -0.315. The Morgan fingerprint density at radius 3 is 2.75 bits per heavy atom. The molecule has 1 aromatic rings. The smallest absolute Gasteiger partial charge is 0.137 e. The molecule has 1 atom stereocenters. The summed E-state index contributed by atoms with van der Waals surface area (Å²) in [6.07, 6.45) is 0.985. The molecule has 0 bridgehead atoms. The van der Waals surface area contributed by atoms with Crippen molar-refractivity contribution in [2.75, 3.05) is 6.61 Å². The molecule has 0 aromatic heterocycles. The van der Waals surface area contributed by atoms with Crippen molar-refractivity contribution in [3.8, 4) is 0 Å². The van der Waals surface area contributed by atoms with Crippen molar-refractivity contribution < 1.29 is 14.3 Å². The molecule has 2 nitrogen and oxygen atoms in total. The van der Waals surface area contributed by atoms with E-state index in [1.54, 1.807) is 12.1 Å². The van der Waals surface area contributed by atoms with Crippen molar-refractivity contribution in [1.82, 2.24) is 0 Å². The lowest BCUT2D eigenvalue weighted by molar-refractivity contribution is -0.121. The van der Waals surface area contributed by atoms with Crippen molar-refractivity contribution in [3.05, 3.63) is 34.1 Å². The van der Waals surface area contributed by atoms with E-state index in [2.05, 4.69) is 15.9 Å². The summed E-state index contributed by atoms with van der Waals surface area (Å²) < 4.78 is 13.4. The van der Waals surface area contributed by atoms with E-state index in [-0.39, 0.29) is 24.1 Å². The van der Waals surface area contributed by atoms with Crippen LogP contribution in [0.15, 0.2) is 22.7 Å². The Labute approximate surface area is 103 Å². The van der Waals surface area contributed by atoms with Gasteiger partial charge in [-0.25, -0.2) is 4.39 Å². The third kappa shape index (κ3) is 3.68. The molecule has 0 spiro atoms. The monoisotopic (exact) mass is 288 g/mol. The summed E-state index contributed by atoms with van der Waals surface area (Å²) in [6.45, 7) is 1.51. The zero-order valence-electron chi connectivity index (χ0n) is 9.04. The second-order valence-electron chi connectivity index (χ2n) is 3.77. The molecule has 0 aliphatic rings. The predicted molar refractivity (Wildman–Crippen MR) is 63.7 cm³/mol. The topological polar surface area (TPSA) is 37.3 Å². The minimum absolute atomic E-state index is 0.00733. The fraction of sp³-hybridized carbons (Fsp3) is 0.417. The molecule has 0 heterocycles. The highest BCUT2D eigenvalue weighted by atomic mass is 79.9. The van der Waals surface area contributed by atoms with Crippen molar-refractivity contribution >= 4 is 21.7 Å². The lowest BCUT2D eigenvalue weighted by atomic mass is 9.93. The van der Waals surface area contributed by atoms with E-state index < -0.39 is 0 Å². The third-order valence-corrected chi connectivity index (χ3v) is 3.13. The number of aliphatic hydroxyl groups excluding tert-OH is 1. The number of hydrogen-bond donors (Lipinski definition) is 1. The Bertz CT molecular complexity index is 379. The van der Waals surface area contributed by atoms with Crippen LogP contribution in [-0.4, -0.2) is 17.5 Å². The van der Waals surface area contributed by atoms with Crippen LogP contribution in [0.5, 0.6) is 0 Å². The van der Waals surface area contributed by atoms with Crippen molar-refractivity contribution in [1.29, 1.82) is 0 Å². The van der Waals surface area contributed by atoms with Gasteiger partial charge in [0.2, 0.25) is 0 Å². The van der Waals surface area contributed by atoms with Crippen LogP contribution in [-0.2, 0) is 11.2 Å². The highest BCUT2D eigenvalue weighted by Gasteiger charge is 2.14. The number of hydrogen-bond acceptors (Lipinski definition) is 2. The molecule has 0 fully saturated rings. The first-order valence-electron chi connectivity index (χ1n) is 5.10. The molecule has 1 N–H and O–H groups in total. The Balaban J connectivity index is 2.77. The van der Waals surface area contributed by atoms with E-state index in [1.807, 2.05) is 0 Å². The highest BCUT2D eigenvalue weighted by molar-refractivity contribution is 9.10. The van der Waals surface area contributed by atoms with Gasteiger partial charge in [-0.15, -0.1) is 0 Å². The van der Waals surface area contributed by atoms with Gasteiger partial charge in [-0.3, -0.25) is 4.79 Å². The van der Waals surface area contributed by atoms with Crippen LogP contribution in [0.4, 0.5) is 4.39 Å². The molecule has 4 heteroatoms. The van der Waals surface area contributed by atoms with E-state index in [9.17, 15) is 9.18 Å². The summed E-state index contributed by atoms with van der Waals surface area (Å²) in [5, 5.41) is 8.84. The van der Waals surface area contributed by atoms with Gasteiger partial charge in [-0.2, -0.15) is 0 Å². The molecule has 0 aliphatic heterocycles. The lowest BCUT2D eigenvalue weighted by Gasteiger charge is -2.12. The summed E-state index contributed by atoms with van der Waals surface area (Å²) in [6, 6.07) is 4.70. The molecule has 0 amide bonds. The lowest BCUT2D eigenvalue weighted by Crippen LogP contribution is -2.15. The first-order valence-corrected chi connectivity index (χ1v) is 5.89. The maximum Gasteiger partial charge on any atom is 0.137 e. The van der Waals surface area contributed by atoms with Gasteiger partial charge in [0, 0.05) is 12.5 Å². The van der Waals surface area contributed by atoms with Crippen LogP contribution in [0.3, 0.4) is 0 Å². The Morgan fingerprint density at radius 2 is 2.25 bits per heavy atom. The van der Waals surface area contributed by atoms with Crippen molar-refractivity contribution in [2.45, 2.75) is 19.8 Å². The van der Waals surface area contributed by atoms with Gasteiger partial charge in [0.05, 0.1) is 4.47 Å². The summed E-state index contributed by atoms with van der Waals surface area (Å²) >= 11 is 3.10. The fourth-order valence-electron chi connectivity index (χ4n) is 1.56. The van der Waals surface area contributed by atoms with Gasteiger partial charge in [0.15, 0.2) is 0 Å². The number of aliphatic hydroxyl groups is 1. The largest absolute Gasteiger partial charge is 0.396 e. The van der Waals surface area contributed by atoms with E-state index >= 15 is 0 Å².